The highest BCUT2D eigenvalue weighted by molar-refractivity contribution is 5.80. The number of benzene rings is 2. The van der Waals surface area contributed by atoms with Crippen LogP contribution in [0.4, 0.5) is 0 Å². The van der Waals surface area contributed by atoms with Crippen molar-refractivity contribution >= 4 is 6.29 Å². The van der Waals surface area contributed by atoms with Crippen molar-refractivity contribution in [2.75, 3.05) is 6.61 Å². The van der Waals surface area contributed by atoms with Gasteiger partial charge in [-0.15, -0.1) is 6.58 Å². The summed E-state index contributed by atoms with van der Waals surface area (Å²) in [5.74, 6) is 0.713. The van der Waals surface area contributed by atoms with Gasteiger partial charge < -0.3 is 4.74 Å². The summed E-state index contributed by atoms with van der Waals surface area (Å²) in [4.78, 5) is 11.4. The Morgan fingerprint density at radius 1 is 1.13 bits per heavy atom. The van der Waals surface area contributed by atoms with Crippen LogP contribution in [0.25, 0.3) is 0 Å². The Balaban J connectivity index is 2.05. The molecule has 0 spiro atoms. The van der Waals surface area contributed by atoms with Gasteiger partial charge in [0.15, 0.2) is 6.29 Å². The van der Waals surface area contributed by atoms with E-state index in [2.05, 4.69) is 31.7 Å². The lowest BCUT2D eigenvalue weighted by molar-refractivity contribution is 0.111. The van der Waals surface area contributed by atoms with Crippen LogP contribution in [0.1, 0.15) is 40.4 Å². The lowest BCUT2D eigenvalue weighted by Crippen LogP contribution is -2.05. The zero-order chi connectivity index (χ0) is 16.5. The summed E-state index contributed by atoms with van der Waals surface area (Å²) in [6, 6.07) is 14.4. The third-order valence-electron chi connectivity index (χ3n) is 3.85. The Kier molecular flexibility index (Phi) is 6.61. The van der Waals surface area contributed by atoms with E-state index < -0.39 is 0 Å². The average Bonchev–Trinajstić information content (AvgIpc) is 2.60. The normalized spacial score (nSPS) is 10.3. The molecule has 2 aromatic rings. The summed E-state index contributed by atoms with van der Waals surface area (Å²) >= 11 is 0. The Hall–Kier alpha value is -2.35. The number of aryl methyl sites for hydroxylation is 2. The second kappa shape index (κ2) is 8.94. The van der Waals surface area contributed by atoms with Crippen LogP contribution in [-0.4, -0.2) is 12.9 Å². The van der Waals surface area contributed by atoms with Crippen LogP contribution in [0.15, 0.2) is 55.1 Å². The maximum absolute atomic E-state index is 11.4. The van der Waals surface area contributed by atoms with Crippen LogP contribution >= 0.6 is 0 Å². The molecule has 0 aromatic heterocycles. The van der Waals surface area contributed by atoms with Crippen molar-refractivity contribution in [3.8, 4) is 5.75 Å². The first-order valence-electron chi connectivity index (χ1n) is 8.17. The second-order valence-corrected chi connectivity index (χ2v) is 5.58. The molecule has 0 aliphatic rings. The lowest BCUT2D eigenvalue weighted by Gasteiger charge is -2.14. The quantitative estimate of drug-likeness (QED) is 0.378. The molecule has 0 aliphatic carbocycles. The molecule has 2 nitrogen and oxygen atoms in total. The third kappa shape index (κ3) is 4.82. The Labute approximate surface area is 138 Å². The number of allylic oxidation sites excluding steroid dienone is 1. The predicted octanol–water partition coefficient (Wildman–Crippen LogP) is 4.80. The summed E-state index contributed by atoms with van der Waals surface area (Å²) in [5, 5.41) is 0. The highest BCUT2D eigenvalue weighted by atomic mass is 16.5. The SMILES string of the molecule is C=CCc1cc(CC)cc(C=O)c1OCCCc1ccccc1. The van der Waals surface area contributed by atoms with Crippen LogP contribution < -0.4 is 4.74 Å². The number of ether oxygens (including phenoxy) is 1. The topological polar surface area (TPSA) is 26.3 Å². The maximum atomic E-state index is 11.4. The van der Waals surface area contributed by atoms with Gasteiger partial charge in [-0.25, -0.2) is 0 Å². The zero-order valence-electron chi connectivity index (χ0n) is 13.8. The molecule has 0 radical (unpaired) electrons. The van der Waals surface area contributed by atoms with Gasteiger partial charge in [-0.3, -0.25) is 4.79 Å². The van der Waals surface area contributed by atoms with E-state index in [-0.39, 0.29) is 0 Å². The van der Waals surface area contributed by atoms with Gasteiger partial charge in [0, 0.05) is 0 Å². The zero-order valence-corrected chi connectivity index (χ0v) is 13.8. The number of carbonyl (C=O) groups excluding carboxylic acids is 1. The fourth-order valence-electron chi connectivity index (χ4n) is 2.65. The Bertz CT molecular complexity index is 644. The van der Waals surface area contributed by atoms with Gasteiger partial charge >= 0.3 is 0 Å². The van der Waals surface area contributed by atoms with Crippen LogP contribution in [-0.2, 0) is 19.3 Å². The maximum Gasteiger partial charge on any atom is 0.153 e. The van der Waals surface area contributed by atoms with Crippen molar-refractivity contribution in [2.24, 2.45) is 0 Å². The van der Waals surface area contributed by atoms with E-state index in [0.29, 0.717) is 24.3 Å². The minimum atomic E-state index is 0.603. The van der Waals surface area contributed by atoms with Crippen LogP contribution in [0.2, 0.25) is 0 Å². The lowest BCUT2D eigenvalue weighted by atomic mass is 10.0. The fraction of sp³-hybridized carbons (Fsp3) is 0.286. The molecule has 2 heteroatoms. The van der Waals surface area contributed by atoms with Crippen molar-refractivity contribution < 1.29 is 9.53 Å². The largest absolute Gasteiger partial charge is 0.493 e. The molecule has 0 unspecified atom stereocenters. The third-order valence-corrected chi connectivity index (χ3v) is 3.85. The number of hydrogen-bond donors (Lipinski definition) is 0. The molecule has 0 N–H and O–H groups in total. The minimum Gasteiger partial charge on any atom is -0.493 e. The number of hydrogen-bond acceptors (Lipinski definition) is 2. The highest BCUT2D eigenvalue weighted by Gasteiger charge is 2.11. The molecule has 0 atom stereocenters. The molecule has 0 amide bonds. The molecule has 0 aliphatic heterocycles. The molecule has 0 saturated carbocycles. The van der Waals surface area contributed by atoms with Crippen LogP contribution in [0.5, 0.6) is 5.75 Å². The average molecular weight is 308 g/mol. The molecule has 0 heterocycles. The molecule has 2 aromatic carbocycles. The monoisotopic (exact) mass is 308 g/mol. The van der Waals surface area contributed by atoms with E-state index in [4.69, 9.17) is 4.74 Å². The first-order valence-corrected chi connectivity index (χ1v) is 8.17. The summed E-state index contributed by atoms with van der Waals surface area (Å²) in [7, 11) is 0. The van der Waals surface area contributed by atoms with Gasteiger partial charge in [-0.1, -0.05) is 49.4 Å². The van der Waals surface area contributed by atoms with E-state index in [0.717, 1.165) is 36.7 Å². The van der Waals surface area contributed by atoms with E-state index in [1.807, 2.05) is 30.3 Å². The van der Waals surface area contributed by atoms with Crippen LogP contribution in [0, 0.1) is 0 Å². The first kappa shape index (κ1) is 17.0. The van der Waals surface area contributed by atoms with Gasteiger partial charge in [-0.05, 0) is 48.4 Å². The molecule has 0 saturated heterocycles. The van der Waals surface area contributed by atoms with E-state index >= 15 is 0 Å². The van der Waals surface area contributed by atoms with Crippen molar-refractivity contribution in [2.45, 2.75) is 32.6 Å². The minimum absolute atomic E-state index is 0.603. The van der Waals surface area contributed by atoms with Gasteiger partial charge in [0.2, 0.25) is 0 Å². The standard InChI is InChI=1S/C21H24O2/c1-3-9-19-14-17(4-2)15-20(16-22)21(19)23-13-8-12-18-10-6-5-7-11-18/h3,5-7,10-11,14-16H,1,4,8-9,12-13H2,2H3. The fourth-order valence-corrected chi connectivity index (χ4v) is 2.65. The molecule has 0 bridgehead atoms. The molecule has 120 valence electrons. The predicted molar refractivity (Wildman–Crippen MR) is 95.4 cm³/mol. The summed E-state index contributed by atoms with van der Waals surface area (Å²) in [6.07, 6.45) is 6.24. The number of rotatable bonds is 9. The van der Waals surface area contributed by atoms with E-state index in [1.54, 1.807) is 0 Å². The second-order valence-electron chi connectivity index (χ2n) is 5.58. The van der Waals surface area contributed by atoms with Crippen molar-refractivity contribution in [1.29, 1.82) is 0 Å². The number of aldehydes is 1. The molecule has 23 heavy (non-hydrogen) atoms. The van der Waals surface area contributed by atoms with Gasteiger partial charge in [0.25, 0.3) is 0 Å². The smallest absolute Gasteiger partial charge is 0.153 e. The van der Waals surface area contributed by atoms with Crippen molar-refractivity contribution in [1.82, 2.24) is 0 Å². The number of carbonyl (C=O) groups is 1. The van der Waals surface area contributed by atoms with E-state index in [9.17, 15) is 4.79 Å². The first-order chi connectivity index (χ1) is 11.3. The molecule has 2 rings (SSSR count). The van der Waals surface area contributed by atoms with Gasteiger partial charge in [0.05, 0.1) is 12.2 Å². The highest BCUT2D eigenvalue weighted by Crippen LogP contribution is 2.26. The molecule has 0 fully saturated rings. The van der Waals surface area contributed by atoms with Gasteiger partial charge in [0.1, 0.15) is 5.75 Å². The summed E-state index contributed by atoms with van der Waals surface area (Å²) in [5.41, 5.74) is 4.14. The molecular weight excluding hydrogens is 284 g/mol. The Morgan fingerprint density at radius 2 is 1.91 bits per heavy atom. The van der Waals surface area contributed by atoms with Crippen LogP contribution in [0.3, 0.4) is 0 Å². The van der Waals surface area contributed by atoms with Crippen molar-refractivity contribution in [3.05, 3.63) is 77.4 Å². The summed E-state index contributed by atoms with van der Waals surface area (Å²) in [6.45, 7) is 6.49. The van der Waals surface area contributed by atoms with Crippen molar-refractivity contribution in [3.63, 3.8) is 0 Å². The van der Waals surface area contributed by atoms with Gasteiger partial charge in [-0.2, -0.15) is 0 Å². The molecular formula is C21H24O2. The van der Waals surface area contributed by atoms with E-state index in [1.165, 1.54) is 5.56 Å². The Morgan fingerprint density at radius 3 is 2.57 bits per heavy atom. The summed E-state index contributed by atoms with van der Waals surface area (Å²) < 4.78 is 5.95.